The van der Waals surface area contributed by atoms with E-state index in [1.807, 2.05) is 6.92 Å². The molecule has 11 rings (SSSR count). The minimum atomic E-state index is -1.82. The summed E-state index contributed by atoms with van der Waals surface area (Å²) in [7, 11) is 0. The molecule has 29 heteroatoms. The Kier molecular flexibility index (Phi) is 25.1. The van der Waals surface area contributed by atoms with Gasteiger partial charge in [0.2, 0.25) is 5.91 Å². The number of carbonyl (C=O) groups is 4. The number of para-hydroxylation sites is 2. The highest BCUT2D eigenvalue weighted by Gasteiger charge is 2.55. The van der Waals surface area contributed by atoms with Crippen molar-refractivity contribution in [3.63, 3.8) is 0 Å². The molecule has 2 saturated carbocycles. The van der Waals surface area contributed by atoms with Crippen molar-refractivity contribution < 1.29 is 121 Å². The second kappa shape index (κ2) is 33.7. The topological polar surface area (TPSA) is 418 Å². The lowest BCUT2D eigenvalue weighted by Crippen LogP contribution is -2.64. The van der Waals surface area contributed by atoms with E-state index in [1.54, 1.807) is 84.6 Å². The summed E-state index contributed by atoms with van der Waals surface area (Å²) in [5.74, 6) is -4.47. The van der Waals surface area contributed by atoms with Crippen molar-refractivity contribution in [2.24, 2.45) is 17.8 Å². The van der Waals surface area contributed by atoms with Gasteiger partial charge in [-0.3, -0.25) is 14.4 Å². The predicted octanol–water partition coefficient (Wildman–Crippen LogP) is 1.16. The number of ketones is 1. The van der Waals surface area contributed by atoms with E-state index in [4.69, 9.17) is 56.2 Å². The normalized spacial score (nSPS) is 34.3. The van der Waals surface area contributed by atoms with Crippen LogP contribution < -0.4 is 16.6 Å². The number of aliphatic hydroxyl groups excluding tert-OH is 9. The number of hydrogen-bond acceptors (Lipinski definition) is 27. The number of rotatable bonds is 27. The van der Waals surface area contributed by atoms with Gasteiger partial charge >= 0.3 is 17.2 Å². The molecule has 0 bridgehead atoms. The monoisotopic (exact) mass is 1400 g/mol. The maximum atomic E-state index is 14.6. The van der Waals surface area contributed by atoms with Gasteiger partial charge in [0.05, 0.1) is 73.6 Å². The number of nitrogens with zero attached hydrogens (tertiary/aromatic N) is 1. The maximum absolute atomic E-state index is 14.6. The summed E-state index contributed by atoms with van der Waals surface area (Å²) in [6.07, 6.45) is -30.0. The van der Waals surface area contributed by atoms with E-state index in [0.717, 1.165) is 6.42 Å². The van der Waals surface area contributed by atoms with Crippen LogP contribution in [0, 0.1) is 17.8 Å². The predicted molar refractivity (Wildman–Crippen MR) is 347 cm³/mol. The van der Waals surface area contributed by atoms with Crippen LogP contribution in [0.4, 0.5) is 0 Å². The molecule has 100 heavy (non-hydrogen) atoms. The molecule has 6 aliphatic rings. The molecule has 5 aromatic rings. The molecular formula is C71H90N2O27. The molecule has 24 atom stereocenters. The average Bonchev–Trinajstić information content (AvgIpc) is 0.777. The number of carbonyl (C=O) groups excluding carboxylic acids is 4. The van der Waals surface area contributed by atoms with Gasteiger partial charge in [0.1, 0.15) is 90.2 Å². The summed E-state index contributed by atoms with van der Waals surface area (Å²) in [4.78, 5) is 84.8. The van der Waals surface area contributed by atoms with Gasteiger partial charge in [0, 0.05) is 48.7 Å². The Balaban J connectivity index is 0.796. The first-order valence-electron chi connectivity index (χ1n) is 34.3. The molecule has 6 fully saturated rings. The highest BCUT2D eigenvalue weighted by Crippen LogP contribution is 2.41. The summed E-state index contributed by atoms with van der Waals surface area (Å²) in [6.45, 7) is 3.60. The third-order valence-corrected chi connectivity index (χ3v) is 19.8. The zero-order valence-electron chi connectivity index (χ0n) is 55.7. The van der Waals surface area contributed by atoms with Gasteiger partial charge in [-0.2, -0.15) is 0 Å². The van der Waals surface area contributed by atoms with E-state index in [2.05, 4.69) is 5.32 Å². The van der Waals surface area contributed by atoms with Gasteiger partial charge in [-0.1, -0.05) is 74.9 Å². The number of fused-ring (bicyclic) bond motifs is 2. The van der Waals surface area contributed by atoms with Crippen molar-refractivity contribution >= 4 is 45.5 Å². The lowest BCUT2D eigenvalue weighted by atomic mass is 9.75. The first kappa shape index (κ1) is 74.6. The summed E-state index contributed by atoms with van der Waals surface area (Å²) in [6, 6.07) is 24.6. The Morgan fingerprint density at radius 2 is 1.17 bits per heavy atom. The van der Waals surface area contributed by atoms with Crippen LogP contribution in [0.25, 0.3) is 21.9 Å². The van der Waals surface area contributed by atoms with E-state index >= 15 is 0 Å². The lowest BCUT2D eigenvalue weighted by molar-refractivity contribution is -0.349. The van der Waals surface area contributed by atoms with E-state index in [9.17, 15) is 74.7 Å². The fraction of sp³-hybridized carbons (Fsp3) is 0.606. The minimum absolute atomic E-state index is 0.0545. The molecule has 2 aliphatic carbocycles. The van der Waals surface area contributed by atoms with Crippen molar-refractivity contribution in [2.45, 2.75) is 221 Å². The fourth-order valence-corrected chi connectivity index (χ4v) is 14.0. The largest absolute Gasteiger partial charge is 0.450 e. The molecule has 10 unspecified atom stereocenters. The van der Waals surface area contributed by atoms with Crippen molar-refractivity contribution in [1.29, 1.82) is 0 Å². The molecule has 2 aromatic heterocycles. The molecule has 0 radical (unpaired) electrons. The molecule has 6 heterocycles. The summed E-state index contributed by atoms with van der Waals surface area (Å²) < 4.78 is 73.4. The number of amides is 2. The van der Waals surface area contributed by atoms with E-state index in [0.29, 0.717) is 41.4 Å². The third kappa shape index (κ3) is 17.1. The van der Waals surface area contributed by atoms with Gasteiger partial charge in [0.25, 0.3) is 5.91 Å². The first-order chi connectivity index (χ1) is 48.1. The molecule has 2 amide bonds. The highest BCUT2D eigenvalue weighted by molar-refractivity contribution is 5.89. The molecule has 546 valence electrons. The zero-order chi connectivity index (χ0) is 71.1. The highest BCUT2D eigenvalue weighted by atomic mass is 16.8. The van der Waals surface area contributed by atoms with E-state index in [-0.39, 0.29) is 86.5 Å². The van der Waals surface area contributed by atoms with Crippen LogP contribution in [0.3, 0.4) is 0 Å². The van der Waals surface area contributed by atoms with Gasteiger partial charge in [-0.25, -0.2) is 14.4 Å². The SMILES string of the molecule is CCC[C@H](OC1C(OC(=O)c2ccccc2)[C@H](O[C@@H]2CC(C(=O)CCCNC(=O)[C@H]3CC(OCc4cc5ccccc5oc4=O)C(O)[C@H](O[C@@H]4OC(CO)[C@H](O)C(OCc5cc6ccccc6oc5=O)[C@H]4O)C3)CC(C)[C@H]2O[C@@H]2OC(C)[C@@H](O)[C@H](O)C2O)O[C@@H](CO)[C@@H]1O)C(=O)N1CCC1. The van der Waals surface area contributed by atoms with Crippen molar-refractivity contribution in [1.82, 2.24) is 10.2 Å². The van der Waals surface area contributed by atoms with Crippen molar-refractivity contribution in [2.75, 3.05) is 32.8 Å². The number of esters is 1. The molecule has 10 N–H and O–H groups in total. The number of likely N-dealkylation sites (tertiary alicyclic amines) is 1. The van der Waals surface area contributed by atoms with Crippen LogP contribution in [-0.4, -0.2) is 236 Å². The quantitative estimate of drug-likeness (QED) is 0.0200. The van der Waals surface area contributed by atoms with Crippen LogP contribution in [-0.2, 0) is 75.0 Å². The third-order valence-electron chi connectivity index (χ3n) is 19.8. The minimum Gasteiger partial charge on any atom is -0.450 e. The summed E-state index contributed by atoms with van der Waals surface area (Å²) in [5, 5.41) is 105. The second-order valence-corrected chi connectivity index (χ2v) is 26.8. The summed E-state index contributed by atoms with van der Waals surface area (Å²) >= 11 is 0. The average molecular weight is 1400 g/mol. The number of benzene rings is 3. The second-order valence-electron chi connectivity index (χ2n) is 26.8. The molecule has 3 aromatic carbocycles. The number of hydrogen-bond donors (Lipinski definition) is 10. The number of aliphatic hydroxyl groups is 9. The van der Waals surface area contributed by atoms with Gasteiger partial charge in [-0.05, 0) is 94.2 Å². The van der Waals surface area contributed by atoms with Crippen LogP contribution in [0.15, 0.2) is 109 Å². The van der Waals surface area contributed by atoms with E-state index in [1.165, 1.54) is 25.1 Å². The zero-order valence-corrected chi connectivity index (χ0v) is 55.7. The maximum Gasteiger partial charge on any atom is 0.341 e. The molecule has 29 nitrogen and oxygen atoms in total. The van der Waals surface area contributed by atoms with Gasteiger partial charge < -0.3 is 112 Å². The number of nitrogens with one attached hydrogen (secondary N) is 1. The Bertz CT molecular complexity index is 3680. The van der Waals surface area contributed by atoms with Crippen LogP contribution in [0.5, 0.6) is 0 Å². The Hall–Kier alpha value is -6.56. The number of Topliss-reactive ketones (excluding diaryl/α,β-unsaturated/α-hetero) is 1. The Morgan fingerprint density at radius 3 is 1.80 bits per heavy atom. The van der Waals surface area contributed by atoms with Crippen molar-refractivity contribution in [3.8, 4) is 0 Å². The van der Waals surface area contributed by atoms with Crippen LogP contribution >= 0.6 is 0 Å². The van der Waals surface area contributed by atoms with Gasteiger partial charge in [0.15, 0.2) is 25.0 Å². The van der Waals surface area contributed by atoms with E-state index < -0.39 is 189 Å². The fourth-order valence-electron chi connectivity index (χ4n) is 14.0. The molecule has 0 spiro atoms. The standard InChI is InChI=1S/C71H90N2O27/c1-4-14-47(65(85)73-23-13-24-73)92-62-56(80)52(32-75)98-71(63(62)99-66(86)37-15-6-5-7-16-37)96-50-28-40(25-35(2)60(50)100-69-58(82)57(81)53(77)36(3)91-69)44(76)19-12-22-72-64(84)41-29-48(89-33-42-26-38-17-8-10-20-45(38)93-67(42)87)54(78)49(30-41)95-70-59(83)61(55(79)51(31-74)97-70)90-34-43-27-39-18-9-11-21-46(39)94-68(43)88/h5-11,15-18,20-21,26-27,35-36,40-41,47-63,69-71,74-75,77-83H,4,12-14,19,22-25,28-34H2,1-3H3,(H,72,84)/t35?,36?,40?,41-,47-,48?,49+,50+,51?,52-,53+,54?,55-,56-,57-,58?,59+,60+,61?,62?,63?,69-,70+,71+/m0/s1. The number of ether oxygens (including phenoxy) is 10. The molecule has 4 aliphatic heterocycles. The molecular weight excluding hydrogens is 1310 g/mol. The summed E-state index contributed by atoms with van der Waals surface area (Å²) in [5.41, 5.74) is -0.527. The van der Waals surface area contributed by atoms with Crippen LogP contribution in [0.2, 0.25) is 0 Å². The smallest absolute Gasteiger partial charge is 0.341 e. The molecule has 4 saturated heterocycles. The van der Waals surface area contributed by atoms with Gasteiger partial charge in [-0.15, -0.1) is 0 Å². The Labute approximate surface area is 574 Å². The van der Waals surface area contributed by atoms with Crippen molar-refractivity contribution in [3.05, 3.63) is 129 Å². The Morgan fingerprint density at radius 1 is 0.590 bits per heavy atom. The van der Waals surface area contributed by atoms with Crippen LogP contribution in [0.1, 0.15) is 100 Å². The first-order valence-corrected chi connectivity index (χ1v) is 34.3. The lowest BCUT2D eigenvalue weighted by Gasteiger charge is -2.48.